The Morgan fingerprint density at radius 3 is 2.07 bits per heavy atom. The molecule has 0 bridgehead atoms. The SMILES string of the molecule is [C-]#[N+]CCOP(=O)(OC[C@H]1O[C@@H](n2cc(C#CCNC(=O)CCCC(=O)OCC3c4ccccc4-c4ccccc43)c(=O)[nH]c2=O)CC1O)OC1C[C@H](n2cnc3c(=O)[nH]c(NC(=O)C(C)C)nc32)O[C@@H]1COC(c1ccccc1)(c1ccc(OC)cc1)c1ccc(OC)cc1. The third kappa shape index (κ3) is 15.1. The molecule has 498 valence electrons. The lowest BCUT2D eigenvalue weighted by Gasteiger charge is -2.37. The van der Waals surface area contributed by atoms with Gasteiger partial charge in [-0.3, -0.25) is 62.0 Å². The predicted molar refractivity (Wildman–Crippen MR) is 349 cm³/mol. The van der Waals surface area contributed by atoms with Gasteiger partial charge < -0.3 is 43.7 Å². The summed E-state index contributed by atoms with van der Waals surface area (Å²) in [5, 5.41) is 16.7. The average Bonchev–Trinajstić information content (AvgIpc) is 0.912. The van der Waals surface area contributed by atoms with Crippen LogP contribution in [0.15, 0.2) is 154 Å². The summed E-state index contributed by atoms with van der Waals surface area (Å²) < 4.78 is 73.0. The molecule has 0 spiro atoms. The van der Waals surface area contributed by atoms with Crippen LogP contribution in [0.1, 0.15) is 97.7 Å². The first-order chi connectivity index (χ1) is 46.5. The maximum absolute atomic E-state index is 15.3. The van der Waals surface area contributed by atoms with Crippen molar-refractivity contribution in [3.05, 3.63) is 216 Å². The minimum atomic E-state index is -4.86. The molecule has 2 amide bonds. The number of rotatable bonds is 27. The lowest BCUT2D eigenvalue weighted by molar-refractivity contribution is -0.144. The number of hydrogen-bond acceptors (Lipinski definition) is 19. The minimum Gasteiger partial charge on any atom is -0.497 e. The van der Waals surface area contributed by atoms with Crippen LogP contribution in [0.4, 0.5) is 5.95 Å². The van der Waals surface area contributed by atoms with Crippen LogP contribution in [-0.2, 0) is 57.1 Å². The maximum Gasteiger partial charge on any atom is 0.475 e. The summed E-state index contributed by atoms with van der Waals surface area (Å²) in [7, 11) is -1.75. The van der Waals surface area contributed by atoms with Gasteiger partial charge in [-0.2, -0.15) is 4.98 Å². The van der Waals surface area contributed by atoms with Crippen molar-refractivity contribution < 1.29 is 66.0 Å². The van der Waals surface area contributed by atoms with Gasteiger partial charge in [-0.05, 0) is 69.6 Å². The summed E-state index contributed by atoms with van der Waals surface area (Å²) in [5.74, 6) is 4.60. The zero-order chi connectivity index (χ0) is 67.5. The molecule has 96 heavy (non-hydrogen) atoms. The molecule has 8 aromatic rings. The number of carbonyl (C=O) groups is 3. The molecule has 1 aliphatic carbocycles. The van der Waals surface area contributed by atoms with Crippen molar-refractivity contribution >= 4 is 42.7 Å². The molecule has 0 radical (unpaired) electrons. The van der Waals surface area contributed by atoms with E-state index in [1.165, 1.54) is 10.9 Å². The lowest BCUT2D eigenvalue weighted by atomic mass is 9.80. The number of benzene rings is 5. The molecule has 2 fully saturated rings. The van der Waals surface area contributed by atoms with Crippen LogP contribution in [0.5, 0.6) is 11.5 Å². The topological polar surface area (TPSA) is 318 Å². The second kappa shape index (κ2) is 30.3. The highest BCUT2D eigenvalue weighted by atomic mass is 31.2. The summed E-state index contributed by atoms with van der Waals surface area (Å²) in [5.41, 5.74) is 2.44. The van der Waals surface area contributed by atoms with E-state index in [1.54, 1.807) is 52.3 Å². The molecule has 2 saturated heterocycles. The van der Waals surface area contributed by atoms with E-state index in [1.807, 2.05) is 91.0 Å². The largest absolute Gasteiger partial charge is 0.497 e. The van der Waals surface area contributed by atoms with Crippen molar-refractivity contribution in [1.82, 2.24) is 34.4 Å². The molecule has 5 heterocycles. The van der Waals surface area contributed by atoms with Gasteiger partial charge in [0.25, 0.3) is 11.1 Å². The normalized spacial score (nSPS) is 18.8. The van der Waals surface area contributed by atoms with E-state index >= 15 is 4.57 Å². The van der Waals surface area contributed by atoms with E-state index in [2.05, 4.69) is 59.4 Å². The Bertz CT molecular complexity index is 4370. The van der Waals surface area contributed by atoms with Gasteiger partial charge >= 0.3 is 19.5 Å². The molecule has 0 saturated carbocycles. The number of fused-ring (bicyclic) bond motifs is 4. The predicted octanol–water partition coefficient (Wildman–Crippen LogP) is 7.67. The Kier molecular flexibility index (Phi) is 21.3. The first kappa shape index (κ1) is 67.6. The van der Waals surface area contributed by atoms with Crippen molar-refractivity contribution in [2.24, 2.45) is 5.92 Å². The first-order valence-corrected chi connectivity index (χ1v) is 32.5. The smallest absolute Gasteiger partial charge is 0.475 e. The van der Waals surface area contributed by atoms with E-state index in [0.717, 1.165) is 33.0 Å². The molecular weight excluding hydrogens is 1260 g/mol. The summed E-state index contributed by atoms with van der Waals surface area (Å²) in [6.45, 7) is 9.17. The van der Waals surface area contributed by atoms with E-state index in [9.17, 15) is 33.9 Å². The van der Waals surface area contributed by atoms with Gasteiger partial charge in [0.2, 0.25) is 24.3 Å². The second-order valence-electron chi connectivity index (χ2n) is 23.1. The van der Waals surface area contributed by atoms with Crippen LogP contribution < -0.4 is 36.9 Å². The fourth-order valence-electron chi connectivity index (χ4n) is 11.8. The minimum absolute atomic E-state index is 0.00628. The highest BCUT2D eigenvalue weighted by Crippen LogP contribution is 2.54. The molecule has 7 atom stereocenters. The monoisotopic (exact) mass is 1330 g/mol. The number of H-pyrrole nitrogens is 2. The molecule has 26 nitrogen and oxygen atoms in total. The standard InChI is InChI=1S/C69H70N9O17P/c1-42(2)64(82)74-67-73-63-62(66(84)75-67)72-41-78(63)60-36-55(57(94-60)39-90-69(44-16-7-6-8-17-44,45-24-28-47(87-4)29-25-45)46-26-30-48(88-5)31-27-46)95-96(86,91-34-33-70-3)92-40-56-54(79)35-59(93-56)77-37-43(65(83)76-68(77)85)15-14-32-71-58(80)22-13-23-61(81)89-38-53-51-20-11-9-18-49(51)50-19-10-12-21-52(50)53/h6-12,16-21,24-31,37,41-42,53-57,59-60,79H,13,22-23,32-36,38-40H2,1-2,4-5H3,(H,71,80)(H,76,83,85)(H2,73,74,75,82,84)/t54?,55?,56-,57-,59-,60-,96?/m1/s1. The Morgan fingerprint density at radius 2 is 1.42 bits per heavy atom. The highest BCUT2D eigenvalue weighted by Gasteiger charge is 2.48. The number of aliphatic hydroxyl groups is 1. The second-order valence-corrected chi connectivity index (χ2v) is 24.8. The number of carbonyl (C=O) groups excluding carboxylic acids is 3. The lowest BCUT2D eigenvalue weighted by Crippen LogP contribution is -2.38. The van der Waals surface area contributed by atoms with Crippen molar-refractivity contribution in [2.75, 3.05) is 59.1 Å². The molecule has 3 aromatic heterocycles. The van der Waals surface area contributed by atoms with Gasteiger partial charge in [0, 0.05) is 43.7 Å². The Hall–Kier alpha value is -9.86. The van der Waals surface area contributed by atoms with Crippen LogP contribution in [-0.4, -0.2) is 130 Å². The molecule has 3 unspecified atom stereocenters. The van der Waals surface area contributed by atoms with Crippen LogP contribution in [0.3, 0.4) is 0 Å². The van der Waals surface area contributed by atoms with Crippen molar-refractivity contribution in [2.45, 2.75) is 94.3 Å². The van der Waals surface area contributed by atoms with Crippen molar-refractivity contribution in [1.29, 1.82) is 0 Å². The van der Waals surface area contributed by atoms with Gasteiger partial charge in [0.15, 0.2) is 11.2 Å². The zero-order valence-electron chi connectivity index (χ0n) is 52.8. The van der Waals surface area contributed by atoms with Crippen LogP contribution >= 0.6 is 7.82 Å². The number of ether oxygens (including phenoxy) is 6. The van der Waals surface area contributed by atoms with Crippen molar-refractivity contribution in [3.8, 4) is 34.5 Å². The number of amides is 2. The molecule has 3 aliphatic rings. The first-order valence-electron chi connectivity index (χ1n) is 31.1. The average molecular weight is 1330 g/mol. The number of nitrogens with one attached hydrogen (secondary N) is 4. The Morgan fingerprint density at radius 1 is 0.781 bits per heavy atom. The molecule has 2 aliphatic heterocycles. The number of phosphoric acid groups is 1. The number of hydrogen-bond donors (Lipinski definition) is 5. The fraction of sp³-hybridized carbons (Fsp3) is 0.348. The molecular formula is C69H70N9O17P. The number of aromatic amines is 2. The summed E-state index contributed by atoms with van der Waals surface area (Å²) >= 11 is 0. The number of esters is 1. The number of imidazole rings is 1. The maximum atomic E-state index is 15.3. The van der Waals surface area contributed by atoms with E-state index in [0.29, 0.717) is 28.2 Å². The summed E-state index contributed by atoms with van der Waals surface area (Å²) in [6.07, 6.45) is -5.00. The van der Waals surface area contributed by atoms with Gasteiger partial charge in [0.05, 0.1) is 46.4 Å². The van der Waals surface area contributed by atoms with E-state index in [4.69, 9.17) is 48.6 Å². The van der Waals surface area contributed by atoms with Crippen molar-refractivity contribution in [3.63, 3.8) is 0 Å². The summed E-state index contributed by atoms with van der Waals surface area (Å²) in [6, 6.07) is 40.1. The van der Waals surface area contributed by atoms with Gasteiger partial charge in [-0.25, -0.2) is 20.9 Å². The number of methoxy groups -OCH3 is 2. The highest BCUT2D eigenvalue weighted by molar-refractivity contribution is 7.48. The summed E-state index contributed by atoms with van der Waals surface area (Å²) in [4.78, 5) is 95.1. The van der Waals surface area contributed by atoms with Crippen LogP contribution in [0.25, 0.3) is 27.1 Å². The molecule has 11 rings (SSSR count). The number of nitrogens with zero attached hydrogens (tertiary/aromatic N) is 5. The fourth-order valence-corrected chi connectivity index (χ4v) is 13.2. The molecule has 5 N–H and O–H groups in total. The van der Waals surface area contributed by atoms with Gasteiger partial charge in [-0.15, -0.1) is 0 Å². The van der Waals surface area contributed by atoms with E-state index < -0.39 is 104 Å². The number of aliphatic hydroxyl groups excluding tert-OH is 1. The third-order valence-corrected chi connectivity index (χ3v) is 18.2. The number of phosphoric ester groups is 1. The molecule has 5 aromatic carbocycles. The van der Waals surface area contributed by atoms with Crippen LogP contribution in [0, 0.1) is 24.3 Å². The van der Waals surface area contributed by atoms with Gasteiger partial charge in [-0.1, -0.05) is 129 Å². The van der Waals surface area contributed by atoms with Crippen LogP contribution in [0.2, 0.25) is 0 Å². The Labute approximate surface area is 550 Å². The Balaban J connectivity index is 0.784. The number of aromatic nitrogens is 6. The van der Waals surface area contributed by atoms with E-state index in [-0.39, 0.29) is 87.0 Å². The quantitative estimate of drug-likeness (QED) is 0.00823. The zero-order valence-corrected chi connectivity index (χ0v) is 53.7. The third-order valence-electron chi connectivity index (χ3n) is 16.7. The molecule has 27 heteroatoms. The van der Waals surface area contributed by atoms with Gasteiger partial charge in [0.1, 0.15) is 66.6 Å². The number of anilines is 1.